The molecule has 1 aromatic carbocycles. The fourth-order valence-corrected chi connectivity index (χ4v) is 2.63. The second-order valence-corrected chi connectivity index (χ2v) is 6.68. The van der Waals surface area contributed by atoms with Crippen LogP contribution < -0.4 is 5.32 Å². The van der Waals surface area contributed by atoms with Gasteiger partial charge in [-0.25, -0.2) is 4.68 Å². The molecule has 140 valence electrons. The first kappa shape index (κ1) is 20.0. The molecule has 1 heterocycles. The zero-order valence-corrected chi connectivity index (χ0v) is 16.0. The van der Waals surface area contributed by atoms with Gasteiger partial charge in [0.25, 0.3) is 5.91 Å². The van der Waals surface area contributed by atoms with Crippen molar-refractivity contribution in [2.75, 3.05) is 13.2 Å². The van der Waals surface area contributed by atoms with Gasteiger partial charge in [0, 0.05) is 5.02 Å². The van der Waals surface area contributed by atoms with E-state index in [2.05, 4.69) is 10.4 Å². The molecule has 7 heteroatoms. The summed E-state index contributed by atoms with van der Waals surface area (Å²) in [4.78, 5) is 24.2. The monoisotopic (exact) mass is 377 g/mol. The van der Waals surface area contributed by atoms with E-state index in [0.29, 0.717) is 17.2 Å². The van der Waals surface area contributed by atoms with Gasteiger partial charge in [-0.15, -0.1) is 0 Å². The number of halogens is 1. The highest BCUT2D eigenvalue weighted by Crippen LogP contribution is 2.23. The van der Waals surface area contributed by atoms with Gasteiger partial charge >= 0.3 is 5.97 Å². The van der Waals surface area contributed by atoms with Crippen molar-refractivity contribution >= 4 is 23.5 Å². The molecule has 0 saturated carbocycles. The fourth-order valence-electron chi connectivity index (χ4n) is 2.51. The Balaban J connectivity index is 2.12. The summed E-state index contributed by atoms with van der Waals surface area (Å²) in [6, 6.07) is 7.23. The van der Waals surface area contributed by atoms with Crippen LogP contribution in [0.25, 0.3) is 5.69 Å². The molecule has 0 saturated heterocycles. The van der Waals surface area contributed by atoms with Crippen molar-refractivity contribution in [3.8, 4) is 5.69 Å². The molecule has 0 radical (unpaired) electrons. The molecule has 0 fully saturated rings. The Labute approximate surface area is 158 Å². The van der Waals surface area contributed by atoms with Crippen molar-refractivity contribution in [1.82, 2.24) is 15.1 Å². The molecule has 1 aromatic heterocycles. The molecule has 1 N–H and O–H groups in total. The van der Waals surface area contributed by atoms with E-state index in [1.807, 2.05) is 32.9 Å². The Kier molecular flexibility index (Phi) is 7.21. The van der Waals surface area contributed by atoms with Crippen molar-refractivity contribution in [2.45, 2.75) is 39.5 Å². The van der Waals surface area contributed by atoms with Crippen LogP contribution in [0.3, 0.4) is 0 Å². The Morgan fingerprint density at radius 3 is 2.58 bits per heavy atom. The minimum atomic E-state index is -0.442. The lowest BCUT2D eigenvalue weighted by Crippen LogP contribution is -2.31. The van der Waals surface area contributed by atoms with Crippen molar-refractivity contribution in [1.29, 1.82) is 0 Å². The van der Waals surface area contributed by atoms with E-state index in [1.165, 1.54) is 6.20 Å². The maximum atomic E-state index is 12.5. The summed E-state index contributed by atoms with van der Waals surface area (Å²) in [5.74, 6) is -0.727. The number of rotatable bonds is 8. The number of hydrogen-bond acceptors (Lipinski definition) is 4. The molecular formula is C19H24ClN3O3. The number of aromatic nitrogens is 2. The number of nitrogens with one attached hydrogen (secondary N) is 1. The third-order valence-electron chi connectivity index (χ3n) is 3.82. The van der Waals surface area contributed by atoms with Crippen LogP contribution in [0.5, 0.6) is 0 Å². The van der Waals surface area contributed by atoms with Crippen LogP contribution in [-0.4, -0.2) is 34.8 Å². The third kappa shape index (κ3) is 5.08. The van der Waals surface area contributed by atoms with Crippen LogP contribution in [0.2, 0.25) is 5.02 Å². The van der Waals surface area contributed by atoms with Gasteiger partial charge in [-0.2, -0.15) is 5.10 Å². The number of nitrogens with zero attached hydrogens (tertiary/aromatic N) is 2. The highest BCUT2D eigenvalue weighted by Gasteiger charge is 2.21. The smallest absolute Gasteiger partial charge is 0.325 e. The molecule has 26 heavy (non-hydrogen) atoms. The first-order valence-corrected chi connectivity index (χ1v) is 9.09. The summed E-state index contributed by atoms with van der Waals surface area (Å²) < 4.78 is 6.76. The number of esters is 1. The van der Waals surface area contributed by atoms with Crippen molar-refractivity contribution in [3.63, 3.8) is 0 Å². The summed E-state index contributed by atoms with van der Waals surface area (Å²) in [5, 5.41) is 7.58. The molecule has 0 atom stereocenters. The van der Waals surface area contributed by atoms with Crippen LogP contribution >= 0.6 is 11.6 Å². The van der Waals surface area contributed by atoms with E-state index < -0.39 is 5.97 Å². The Morgan fingerprint density at radius 1 is 1.27 bits per heavy atom. The molecule has 2 aromatic rings. The van der Waals surface area contributed by atoms with Crippen LogP contribution in [0.4, 0.5) is 0 Å². The average molecular weight is 378 g/mol. The first-order chi connectivity index (χ1) is 12.4. The van der Waals surface area contributed by atoms with Gasteiger partial charge in [-0.05, 0) is 36.6 Å². The average Bonchev–Trinajstić information content (AvgIpc) is 3.06. The predicted molar refractivity (Wildman–Crippen MR) is 101 cm³/mol. The topological polar surface area (TPSA) is 73.2 Å². The van der Waals surface area contributed by atoms with Gasteiger partial charge in [0.2, 0.25) is 0 Å². The number of amides is 1. The maximum absolute atomic E-state index is 12.5. The Morgan fingerprint density at radius 2 is 1.96 bits per heavy atom. The van der Waals surface area contributed by atoms with E-state index in [9.17, 15) is 9.59 Å². The van der Waals surface area contributed by atoms with Gasteiger partial charge in [-0.3, -0.25) is 9.59 Å². The Bertz CT molecular complexity index is 754. The SMILES string of the molecule is CCCCOC(=O)CNC(=O)c1cnn(-c2ccc(Cl)cc2)c1C(C)C. The highest BCUT2D eigenvalue weighted by molar-refractivity contribution is 6.30. The number of hydrogen-bond donors (Lipinski definition) is 1. The standard InChI is InChI=1S/C19H24ClN3O3/c1-4-5-10-26-17(24)12-21-19(25)16-11-22-23(18(16)13(2)3)15-8-6-14(20)7-9-15/h6-9,11,13H,4-5,10,12H2,1-3H3,(H,21,25). The molecule has 0 aliphatic heterocycles. The van der Waals surface area contributed by atoms with Gasteiger partial charge < -0.3 is 10.1 Å². The van der Waals surface area contributed by atoms with Crippen LogP contribution in [0.1, 0.15) is 55.6 Å². The molecule has 0 aliphatic rings. The normalized spacial score (nSPS) is 10.8. The maximum Gasteiger partial charge on any atom is 0.325 e. The third-order valence-corrected chi connectivity index (χ3v) is 4.08. The largest absolute Gasteiger partial charge is 0.464 e. The minimum absolute atomic E-state index is 0.0606. The number of benzene rings is 1. The molecule has 2 rings (SSSR count). The Hall–Kier alpha value is -2.34. The van der Waals surface area contributed by atoms with Gasteiger partial charge in [0.1, 0.15) is 6.54 Å². The van der Waals surface area contributed by atoms with E-state index in [-0.39, 0.29) is 18.4 Å². The van der Waals surface area contributed by atoms with Crippen LogP contribution in [0, 0.1) is 0 Å². The molecular weight excluding hydrogens is 354 g/mol. The van der Waals surface area contributed by atoms with Crippen molar-refractivity contribution in [3.05, 3.63) is 46.7 Å². The van der Waals surface area contributed by atoms with E-state index in [1.54, 1.807) is 16.8 Å². The second kappa shape index (κ2) is 9.38. The summed E-state index contributed by atoms with van der Waals surface area (Å²) >= 11 is 5.94. The van der Waals surface area contributed by atoms with Crippen LogP contribution in [-0.2, 0) is 9.53 Å². The lowest BCUT2D eigenvalue weighted by Gasteiger charge is -2.13. The zero-order valence-electron chi connectivity index (χ0n) is 15.3. The van der Waals surface area contributed by atoms with E-state index >= 15 is 0 Å². The molecule has 6 nitrogen and oxygen atoms in total. The molecule has 0 unspecified atom stereocenters. The molecule has 0 spiro atoms. The zero-order chi connectivity index (χ0) is 19.1. The summed E-state index contributed by atoms with van der Waals surface area (Å²) in [7, 11) is 0. The summed E-state index contributed by atoms with van der Waals surface area (Å²) in [6.07, 6.45) is 3.27. The summed E-state index contributed by atoms with van der Waals surface area (Å²) in [5.41, 5.74) is 2.02. The number of carbonyl (C=O) groups excluding carboxylic acids is 2. The van der Waals surface area contributed by atoms with E-state index in [4.69, 9.17) is 16.3 Å². The van der Waals surface area contributed by atoms with Gasteiger partial charge in [-0.1, -0.05) is 38.8 Å². The van der Waals surface area contributed by atoms with Crippen molar-refractivity contribution in [2.24, 2.45) is 0 Å². The number of unbranched alkanes of at least 4 members (excludes halogenated alkanes) is 1. The van der Waals surface area contributed by atoms with E-state index in [0.717, 1.165) is 24.2 Å². The molecule has 0 aliphatic carbocycles. The highest BCUT2D eigenvalue weighted by atomic mass is 35.5. The van der Waals surface area contributed by atoms with Gasteiger partial charge in [0.05, 0.1) is 29.7 Å². The summed E-state index contributed by atoms with van der Waals surface area (Å²) in [6.45, 7) is 6.20. The lowest BCUT2D eigenvalue weighted by atomic mass is 10.1. The molecule has 0 bridgehead atoms. The quantitative estimate of drug-likeness (QED) is 0.562. The predicted octanol–water partition coefficient (Wildman–Crippen LogP) is 3.72. The first-order valence-electron chi connectivity index (χ1n) is 8.71. The second-order valence-electron chi connectivity index (χ2n) is 6.24. The molecule has 1 amide bonds. The van der Waals surface area contributed by atoms with Gasteiger partial charge in [0.15, 0.2) is 0 Å². The van der Waals surface area contributed by atoms with Crippen molar-refractivity contribution < 1.29 is 14.3 Å². The number of ether oxygens (including phenoxy) is 1. The fraction of sp³-hybridized carbons (Fsp3) is 0.421. The minimum Gasteiger partial charge on any atom is -0.464 e. The number of carbonyl (C=O) groups is 2. The van der Waals surface area contributed by atoms with Crippen LogP contribution in [0.15, 0.2) is 30.5 Å². The lowest BCUT2D eigenvalue weighted by molar-refractivity contribution is -0.142.